The van der Waals surface area contributed by atoms with Crippen molar-refractivity contribution >= 4 is 13.0 Å². The summed E-state index contributed by atoms with van der Waals surface area (Å²) in [4.78, 5) is 0. The fourth-order valence-electron chi connectivity index (χ4n) is 1.71. The van der Waals surface area contributed by atoms with Crippen molar-refractivity contribution in [3.63, 3.8) is 0 Å². The van der Waals surface area contributed by atoms with Crippen LogP contribution in [-0.4, -0.2) is 20.5 Å². The highest BCUT2D eigenvalue weighted by molar-refractivity contribution is 6.36. The Morgan fingerprint density at radius 1 is 1.42 bits per heavy atom. The first-order chi connectivity index (χ1) is 9.00. The molecule has 1 N–H and O–H groups in total. The van der Waals surface area contributed by atoms with Gasteiger partial charge < -0.3 is 14.0 Å². The lowest BCUT2D eigenvalue weighted by Crippen LogP contribution is -2.42. The Bertz CT molecular complexity index is 460. The Balaban J connectivity index is 1.92. The average Bonchev–Trinajstić information content (AvgIpc) is 2.38. The quantitative estimate of drug-likeness (QED) is 0.672. The van der Waals surface area contributed by atoms with E-state index in [0.717, 1.165) is 0 Å². The van der Waals surface area contributed by atoms with Gasteiger partial charge in [-0.2, -0.15) is 5.11 Å². The summed E-state index contributed by atoms with van der Waals surface area (Å²) in [7, 11) is -0.755. The number of nitrogens with zero attached hydrogens (tertiary/aromatic N) is 1. The summed E-state index contributed by atoms with van der Waals surface area (Å²) >= 11 is 0. The molecule has 1 saturated heterocycles. The Labute approximate surface area is 111 Å². The number of hydrogen-bond donors (Lipinski definition) is 1. The molecule has 0 atom stereocenters. The molecule has 0 aliphatic carbocycles. The molecule has 0 bridgehead atoms. The lowest BCUT2D eigenvalue weighted by atomic mass is 9.93. The van der Waals surface area contributed by atoms with E-state index < -0.39 is 13.1 Å². The van der Waals surface area contributed by atoms with E-state index in [4.69, 9.17) is 19.5 Å². The van der Waals surface area contributed by atoms with Crippen LogP contribution in [0.15, 0.2) is 23.3 Å². The van der Waals surface area contributed by atoms with Gasteiger partial charge in [0, 0.05) is 24.2 Å². The summed E-state index contributed by atoms with van der Waals surface area (Å²) < 4.78 is 29.3. The fourth-order valence-corrected chi connectivity index (χ4v) is 1.71. The van der Waals surface area contributed by atoms with Crippen LogP contribution in [0, 0.1) is 16.8 Å². The molecule has 1 fully saturated rings. The minimum Gasteiger partial charge on any atom is -0.385 e. The van der Waals surface area contributed by atoms with E-state index in [1.165, 1.54) is 18.2 Å². The molecule has 0 aromatic heterocycles. The molecule has 0 radical (unpaired) electrons. The fraction of sp³-hybridized carbons (Fsp3) is 0.500. The molecule has 2 rings (SSSR count). The Hall–Kier alpha value is -1.31. The first kappa shape index (κ1) is 14.1. The second kappa shape index (κ2) is 5.77. The number of hydrogen-bond acceptors (Lipinski definition) is 5. The number of benzene rings is 1. The van der Waals surface area contributed by atoms with Gasteiger partial charge in [0.25, 0.3) is 0 Å². The predicted octanol–water partition coefficient (Wildman–Crippen LogP) is 3.06. The van der Waals surface area contributed by atoms with Crippen LogP contribution in [0.5, 0.6) is 0 Å². The lowest BCUT2D eigenvalue weighted by molar-refractivity contribution is -0.0213. The second-order valence-electron chi connectivity index (χ2n) is 5.27. The largest absolute Gasteiger partial charge is 0.639 e. The zero-order chi connectivity index (χ0) is 13.9. The highest BCUT2D eigenvalue weighted by Crippen LogP contribution is 2.24. The van der Waals surface area contributed by atoms with E-state index in [-0.39, 0.29) is 12.0 Å². The van der Waals surface area contributed by atoms with Crippen molar-refractivity contribution in [1.29, 1.82) is 5.53 Å². The van der Waals surface area contributed by atoms with E-state index in [2.05, 4.69) is 5.11 Å². The minimum atomic E-state index is -0.755. The zero-order valence-electron chi connectivity index (χ0n) is 11.0. The molecule has 7 heteroatoms. The Morgan fingerprint density at radius 2 is 2.11 bits per heavy atom. The number of halogens is 1. The van der Waals surface area contributed by atoms with Gasteiger partial charge in [-0.1, -0.05) is 13.8 Å². The van der Waals surface area contributed by atoms with Crippen molar-refractivity contribution in [2.24, 2.45) is 10.5 Å². The van der Waals surface area contributed by atoms with Gasteiger partial charge in [-0.3, -0.25) is 0 Å². The summed E-state index contributed by atoms with van der Waals surface area (Å²) in [6.07, 6.45) is 0. The maximum absolute atomic E-state index is 13.1. The SMILES string of the molecule is CC1(C)COB(OCc2cc(F)ccc2N=N)OC1. The van der Waals surface area contributed by atoms with E-state index >= 15 is 0 Å². The van der Waals surface area contributed by atoms with Crippen LogP contribution in [0.25, 0.3) is 0 Å². The molecular formula is C12H16BFN2O3. The topological polar surface area (TPSA) is 63.9 Å². The third-order valence-electron chi connectivity index (χ3n) is 2.76. The van der Waals surface area contributed by atoms with Gasteiger partial charge in [-0.25, -0.2) is 9.92 Å². The van der Waals surface area contributed by atoms with Crippen molar-refractivity contribution in [2.45, 2.75) is 20.5 Å². The van der Waals surface area contributed by atoms with Crippen LogP contribution in [-0.2, 0) is 20.6 Å². The van der Waals surface area contributed by atoms with Crippen molar-refractivity contribution in [3.8, 4) is 0 Å². The summed E-state index contributed by atoms with van der Waals surface area (Å²) in [5.74, 6) is -0.391. The Morgan fingerprint density at radius 3 is 2.74 bits per heavy atom. The van der Waals surface area contributed by atoms with E-state index in [1.807, 2.05) is 13.8 Å². The van der Waals surface area contributed by atoms with Gasteiger partial charge >= 0.3 is 7.32 Å². The average molecular weight is 266 g/mol. The molecule has 0 saturated carbocycles. The zero-order valence-corrected chi connectivity index (χ0v) is 11.0. The molecule has 19 heavy (non-hydrogen) atoms. The van der Waals surface area contributed by atoms with E-state index in [1.54, 1.807) is 0 Å². The maximum atomic E-state index is 13.1. The molecule has 1 aromatic rings. The first-order valence-electron chi connectivity index (χ1n) is 6.01. The van der Waals surface area contributed by atoms with E-state index in [9.17, 15) is 4.39 Å². The van der Waals surface area contributed by atoms with Crippen LogP contribution in [0.1, 0.15) is 19.4 Å². The van der Waals surface area contributed by atoms with Gasteiger partial charge in [0.2, 0.25) is 0 Å². The number of rotatable bonds is 4. The molecule has 5 nitrogen and oxygen atoms in total. The normalized spacial score (nSPS) is 18.4. The van der Waals surface area contributed by atoms with E-state index in [0.29, 0.717) is 24.5 Å². The van der Waals surface area contributed by atoms with Gasteiger partial charge in [-0.05, 0) is 18.2 Å². The summed E-state index contributed by atoms with van der Waals surface area (Å²) in [6.45, 7) is 5.23. The van der Waals surface area contributed by atoms with Crippen LogP contribution in [0.4, 0.5) is 10.1 Å². The monoisotopic (exact) mass is 266 g/mol. The highest BCUT2D eigenvalue weighted by atomic mass is 19.1. The summed E-state index contributed by atoms with van der Waals surface area (Å²) in [5.41, 5.74) is 7.85. The van der Waals surface area contributed by atoms with Gasteiger partial charge in [0.15, 0.2) is 0 Å². The number of nitrogens with one attached hydrogen (secondary N) is 1. The van der Waals surface area contributed by atoms with Gasteiger partial charge in [0.05, 0.1) is 12.3 Å². The molecule has 1 aliphatic heterocycles. The standard InChI is InChI=1S/C12H16BFN2O3/c1-12(2)7-18-13(19-8-12)17-6-9-5-10(14)3-4-11(9)16-15/h3-5,15H,6-8H2,1-2H3. The Kier molecular flexibility index (Phi) is 4.29. The van der Waals surface area contributed by atoms with Crippen molar-refractivity contribution in [2.75, 3.05) is 13.2 Å². The highest BCUT2D eigenvalue weighted by Gasteiger charge is 2.34. The van der Waals surface area contributed by atoms with Crippen LogP contribution < -0.4 is 0 Å². The van der Waals surface area contributed by atoms with Gasteiger partial charge in [-0.15, -0.1) is 0 Å². The molecule has 1 heterocycles. The molecule has 0 spiro atoms. The third kappa shape index (κ3) is 3.83. The molecule has 0 unspecified atom stereocenters. The second-order valence-corrected chi connectivity index (χ2v) is 5.27. The van der Waals surface area contributed by atoms with Crippen molar-refractivity contribution in [3.05, 3.63) is 29.6 Å². The third-order valence-corrected chi connectivity index (χ3v) is 2.76. The van der Waals surface area contributed by atoms with Crippen LogP contribution in [0.3, 0.4) is 0 Å². The van der Waals surface area contributed by atoms with Crippen molar-refractivity contribution in [1.82, 2.24) is 0 Å². The van der Waals surface area contributed by atoms with Crippen LogP contribution >= 0.6 is 0 Å². The molecule has 1 aliphatic rings. The molecule has 102 valence electrons. The minimum absolute atomic E-state index is 0.0274. The lowest BCUT2D eigenvalue weighted by Gasteiger charge is -2.32. The maximum Gasteiger partial charge on any atom is 0.639 e. The van der Waals surface area contributed by atoms with Gasteiger partial charge in [0.1, 0.15) is 5.82 Å². The summed E-state index contributed by atoms with van der Waals surface area (Å²) in [6, 6.07) is 3.99. The molecular weight excluding hydrogens is 250 g/mol. The molecule has 0 amide bonds. The predicted molar refractivity (Wildman–Crippen MR) is 67.4 cm³/mol. The van der Waals surface area contributed by atoms with Crippen molar-refractivity contribution < 1.29 is 18.4 Å². The smallest absolute Gasteiger partial charge is 0.385 e. The first-order valence-corrected chi connectivity index (χ1v) is 6.01. The molecule has 1 aromatic carbocycles. The summed E-state index contributed by atoms with van der Waals surface area (Å²) in [5, 5.41) is 3.32. The van der Waals surface area contributed by atoms with Crippen LogP contribution in [0.2, 0.25) is 0 Å².